The topological polar surface area (TPSA) is 23.5 Å². The normalized spacial score (nSPS) is 15.8. The van der Waals surface area contributed by atoms with Crippen LogP contribution in [0, 0.1) is 6.92 Å². The Balaban J connectivity index is 2.73. The quantitative estimate of drug-likeness (QED) is 0.758. The lowest BCUT2D eigenvalue weighted by Gasteiger charge is -2.25. The van der Waals surface area contributed by atoms with Crippen molar-refractivity contribution in [1.29, 1.82) is 0 Å². The summed E-state index contributed by atoms with van der Waals surface area (Å²) in [5, 5.41) is 9.86. The summed E-state index contributed by atoms with van der Waals surface area (Å²) in [6, 6.07) is 9.48. The number of rotatable bonds is 3. The van der Waals surface area contributed by atoms with E-state index in [-0.39, 0.29) is 6.04 Å². The number of aliphatic hydroxyl groups is 1. The Kier molecular flexibility index (Phi) is 3.46. The van der Waals surface area contributed by atoms with E-state index < -0.39 is 6.10 Å². The number of likely N-dealkylation sites (N-methyl/N-ethyl adjacent to an activating group) is 1. The SMILES string of the molecule is [CH2]C(C(O)c1ccccc1)N(C)C. The summed E-state index contributed by atoms with van der Waals surface area (Å²) in [7, 11) is 3.81. The zero-order chi connectivity index (χ0) is 9.84. The van der Waals surface area contributed by atoms with Gasteiger partial charge in [-0.05, 0) is 26.6 Å². The van der Waals surface area contributed by atoms with Gasteiger partial charge in [0.15, 0.2) is 0 Å². The molecule has 0 saturated heterocycles. The highest BCUT2D eigenvalue weighted by Gasteiger charge is 2.17. The lowest BCUT2D eigenvalue weighted by molar-refractivity contribution is 0.0993. The molecule has 0 aliphatic rings. The first-order valence-corrected chi connectivity index (χ1v) is 4.35. The van der Waals surface area contributed by atoms with E-state index in [1.165, 1.54) is 0 Å². The van der Waals surface area contributed by atoms with E-state index in [2.05, 4.69) is 6.92 Å². The number of benzene rings is 1. The molecule has 0 heterocycles. The Morgan fingerprint density at radius 2 is 1.77 bits per heavy atom. The van der Waals surface area contributed by atoms with E-state index in [1.807, 2.05) is 49.3 Å². The maximum atomic E-state index is 9.86. The monoisotopic (exact) mass is 178 g/mol. The van der Waals surface area contributed by atoms with Crippen molar-refractivity contribution >= 4 is 0 Å². The first-order valence-electron chi connectivity index (χ1n) is 4.35. The molecule has 1 aromatic carbocycles. The Morgan fingerprint density at radius 1 is 1.23 bits per heavy atom. The van der Waals surface area contributed by atoms with E-state index in [0.29, 0.717) is 0 Å². The first kappa shape index (κ1) is 10.2. The molecule has 0 bridgehead atoms. The van der Waals surface area contributed by atoms with Gasteiger partial charge in [0.1, 0.15) is 0 Å². The molecule has 0 amide bonds. The van der Waals surface area contributed by atoms with Gasteiger partial charge >= 0.3 is 0 Å². The van der Waals surface area contributed by atoms with Crippen molar-refractivity contribution < 1.29 is 5.11 Å². The molecule has 2 heteroatoms. The minimum atomic E-state index is -0.517. The van der Waals surface area contributed by atoms with Gasteiger partial charge in [-0.15, -0.1) is 0 Å². The van der Waals surface area contributed by atoms with E-state index in [4.69, 9.17) is 0 Å². The van der Waals surface area contributed by atoms with Crippen LogP contribution in [0.25, 0.3) is 0 Å². The van der Waals surface area contributed by atoms with Crippen LogP contribution in [0.5, 0.6) is 0 Å². The second kappa shape index (κ2) is 4.40. The molecule has 0 spiro atoms. The van der Waals surface area contributed by atoms with Crippen molar-refractivity contribution in [2.75, 3.05) is 14.1 Å². The molecule has 13 heavy (non-hydrogen) atoms. The van der Waals surface area contributed by atoms with Crippen molar-refractivity contribution in [3.05, 3.63) is 42.8 Å². The zero-order valence-electron chi connectivity index (χ0n) is 8.14. The highest BCUT2D eigenvalue weighted by atomic mass is 16.3. The van der Waals surface area contributed by atoms with Gasteiger partial charge < -0.3 is 10.0 Å². The van der Waals surface area contributed by atoms with Gasteiger partial charge in [0.2, 0.25) is 0 Å². The van der Waals surface area contributed by atoms with Gasteiger partial charge in [0.25, 0.3) is 0 Å². The third kappa shape index (κ3) is 2.54. The molecule has 2 nitrogen and oxygen atoms in total. The first-order chi connectivity index (χ1) is 6.13. The van der Waals surface area contributed by atoms with Gasteiger partial charge in [-0.2, -0.15) is 0 Å². The van der Waals surface area contributed by atoms with Crippen molar-refractivity contribution in [3.63, 3.8) is 0 Å². The van der Waals surface area contributed by atoms with E-state index in [1.54, 1.807) is 0 Å². The van der Waals surface area contributed by atoms with Gasteiger partial charge in [0.05, 0.1) is 6.10 Å². The van der Waals surface area contributed by atoms with Crippen molar-refractivity contribution in [3.8, 4) is 0 Å². The second-order valence-electron chi connectivity index (χ2n) is 3.39. The van der Waals surface area contributed by atoms with Crippen molar-refractivity contribution in [2.24, 2.45) is 0 Å². The van der Waals surface area contributed by atoms with Crippen LogP contribution < -0.4 is 0 Å². The molecule has 71 valence electrons. The van der Waals surface area contributed by atoms with E-state index >= 15 is 0 Å². The standard InChI is InChI=1S/C11H16NO/c1-9(12(2)3)11(13)10-7-5-4-6-8-10/h4-9,11,13H,1H2,2-3H3. The predicted molar refractivity (Wildman–Crippen MR) is 54.2 cm³/mol. The van der Waals surface area contributed by atoms with Crippen LogP contribution in [0.4, 0.5) is 0 Å². The molecule has 2 unspecified atom stereocenters. The summed E-state index contributed by atoms with van der Waals surface area (Å²) in [4.78, 5) is 1.90. The van der Waals surface area contributed by atoms with Gasteiger partial charge in [0, 0.05) is 6.04 Å². The van der Waals surface area contributed by atoms with E-state index in [9.17, 15) is 5.11 Å². The molecule has 0 saturated carbocycles. The Labute approximate surface area is 79.8 Å². The molecule has 0 aliphatic carbocycles. The number of hydrogen-bond acceptors (Lipinski definition) is 2. The smallest absolute Gasteiger partial charge is 0.0944 e. The molecule has 2 atom stereocenters. The van der Waals surface area contributed by atoms with Crippen molar-refractivity contribution in [2.45, 2.75) is 12.1 Å². The molecule has 0 aliphatic heterocycles. The summed E-state index contributed by atoms with van der Waals surface area (Å²) < 4.78 is 0. The minimum absolute atomic E-state index is 0.109. The molecule has 0 fully saturated rings. The Hall–Kier alpha value is -0.860. The molecule has 1 N–H and O–H groups in total. The predicted octanol–water partition coefficient (Wildman–Crippen LogP) is 1.48. The molecule has 1 aromatic rings. The van der Waals surface area contributed by atoms with Crippen LogP contribution in [0.1, 0.15) is 11.7 Å². The van der Waals surface area contributed by atoms with E-state index in [0.717, 1.165) is 5.56 Å². The number of hydrogen-bond donors (Lipinski definition) is 1. The van der Waals surface area contributed by atoms with Crippen LogP contribution in [-0.2, 0) is 0 Å². The van der Waals surface area contributed by atoms with Crippen LogP contribution in [0.3, 0.4) is 0 Å². The minimum Gasteiger partial charge on any atom is -0.387 e. The van der Waals surface area contributed by atoms with Gasteiger partial charge in [-0.3, -0.25) is 0 Å². The van der Waals surface area contributed by atoms with Crippen LogP contribution in [0.15, 0.2) is 30.3 Å². The maximum Gasteiger partial charge on any atom is 0.0944 e. The molecule has 1 rings (SSSR count). The average molecular weight is 178 g/mol. The Bertz CT molecular complexity index is 246. The summed E-state index contributed by atoms with van der Waals surface area (Å²) in [6.07, 6.45) is -0.517. The lowest BCUT2D eigenvalue weighted by atomic mass is 10.0. The lowest BCUT2D eigenvalue weighted by Crippen LogP contribution is -2.31. The molecule has 0 aromatic heterocycles. The fourth-order valence-electron chi connectivity index (χ4n) is 1.15. The molecule has 1 radical (unpaired) electrons. The zero-order valence-corrected chi connectivity index (χ0v) is 8.14. The fraction of sp³-hybridized carbons (Fsp3) is 0.364. The second-order valence-corrected chi connectivity index (χ2v) is 3.39. The summed E-state index contributed by atoms with van der Waals surface area (Å²) in [6.45, 7) is 3.89. The largest absolute Gasteiger partial charge is 0.387 e. The molecular weight excluding hydrogens is 162 g/mol. The van der Waals surface area contributed by atoms with Crippen LogP contribution in [0.2, 0.25) is 0 Å². The number of nitrogens with zero attached hydrogens (tertiary/aromatic N) is 1. The maximum absolute atomic E-state index is 9.86. The molecular formula is C11H16NO. The highest BCUT2D eigenvalue weighted by Crippen LogP contribution is 2.18. The number of aliphatic hydroxyl groups excluding tert-OH is 1. The Morgan fingerprint density at radius 3 is 2.23 bits per heavy atom. The van der Waals surface area contributed by atoms with Gasteiger partial charge in [-0.1, -0.05) is 30.3 Å². The highest BCUT2D eigenvalue weighted by molar-refractivity contribution is 5.19. The van der Waals surface area contributed by atoms with Crippen molar-refractivity contribution in [1.82, 2.24) is 4.90 Å². The fourth-order valence-corrected chi connectivity index (χ4v) is 1.15. The van der Waals surface area contributed by atoms with Crippen LogP contribution in [-0.4, -0.2) is 30.1 Å². The third-order valence-corrected chi connectivity index (χ3v) is 2.17. The third-order valence-electron chi connectivity index (χ3n) is 2.17. The summed E-state index contributed by atoms with van der Waals surface area (Å²) >= 11 is 0. The van der Waals surface area contributed by atoms with Crippen LogP contribution >= 0.6 is 0 Å². The van der Waals surface area contributed by atoms with Gasteiger partial charge in [-0.25, -0.2) is 0 Å². The summed E-state index contributed by atoms with van der Waals surface area (Å²) in [5.41, 5.74) is 0.913. The summed E-state index contributed by atoms with van der Waals surface area (Å²) in [5.74, 6) is 0. The average Bonchev–Trinajstić information content (AvgIpc) is 2.17.